The smallest absolute Gasteiger partial charge is 0.138 e. The molecule has 0 amide bonds. The van der Waals surface area contributed by atoms with Gasteiger partial charge >= 0.3 is 0 Å². The first-order valence-electron chi connectivity index (χ1n) is 9.88. The zero-order chi connectivity index (χ0) is 18.9. The van der Waals surface area contributed by atoms with Gasteiger partial charge in [0.05, 0.1) is 12.3 Å². The highest BCUT2D eigenvalue weighted by Gasteiger charge is 2.49. The number of aromatic nitrogens is 2. The van der Waals surface area contributed by atoms with E-state index in [2.05, 4.69) is 33.1 Å². The maximum absolute atomic E-state index is 6.01. The Hall–Kier alpha value is -1.76. The zero-order valence-electron chi connectivity index (χ0n) is 16.6. The van der Waals surface area contributed by atoms with Gasteiger partial charge in [-0.05, 0) is 57.8 Å². The molecule has 2 aliphatic heterocycles. The third-order valence-electron chi connectivity index (χ3n) is 6.30. The SMILES string of the molecule is Cc1noc(C)c1CN1CC2(CC(COCc3cccnc3)CCN2C)C1. The third kappa shape index (κ3) is 3.93. The van der Waals surface area contributed by atoms with E-state index in [9.17, 15) is 0 Å². The quantitative estimate of drug-likeness (QED) is 0.779. The van der Waals surface area contributed by atoms with Gasteiger partial charge in [0.1, 0.15) is 5.76 Å². The number of piperidine rings is 1. The normalized spacial score (nSPS) is 22.9. The van der Waals surface area contributed by atoms with Crippen LogP contribution in [-0.2, 0) is 17.9 Å². The first-order chi connectivity index (χ1) is 13.1. The van der Waals surface area contributed by atoms with Crippen molar-refractivity contribution in [1.29, 1.82) is 0 Å². The predicted molar refractivity (Wildman–Crippen MR) is 103 cm³/mol. The molecule has 6 nitrogen and oxygen atoms in total. The Kier molecular flexibility index (Phi) is 5.30. The van der Waals surface area contributed by atoms with Crippen molar-refractivity contribution in [2.24, 2.45) is 5.92 Å². The van der Waals surface area contributed by atoms with Crippen molar-refractivity contribution < 1.29 is 9.26 Å². The van der Waals surface area contributed by atoms with Gasteiger partial charge in [-0.3, -0.25) is 14.8 Å². The zero-order valence-corrected chi connectivity index (χ0v) is 16.6. The molecule has 2 fully saturated rings. The number of rotatable bonds is 6. The maximum atomic E-state index is 6.01. The van der Waals surface area contributed by atoms with Crippen LogP contribution in [0.25, 0.3) is 0 Å². The first-order valence-corrected chi connectivity index (χ1v) is 9.88. The number of aryl methyl sites for hydroxylation is 2. The molecular weight excluding hydrogens is 340 g/mol. The van der Waals surface area contributed by atoms with Crippen molar-refractivity contribution in [3.63, 3.8) is 0 Å². The van der Waals surface area contributed by atoms with Crippen LogP contribution in [0.2, 0.25) is 0 Å². The van der Waals surface area contributed by atoms with Gasteiger partial charge in [0, 0.05) is 49.7 Å². The highest BCUT2D eigenvalue weighted by molar-refractivity contribution is 5.22. The molecule has 0 aromatic carbocycles. The van der Waals surface area contributed by atoms with Crippen LogP contribution in [0.5, 0.6) is 0 Å². The van der Waals surface area contributed by atoms with E-state index in [1.165, 1.54) is 18.4 Å². The van der Waals surface area contributed by atoms with Crippen molar-refractivity contribution in [3.05, 3.63) is 47.1 Å². The Balaban J connectivity index is 1.28. The second kappa shape index (κ2) is 7.70. The van der Waals surface area contributed by atoms with Crippen molar-refractivity contribution in [1.82, 2.24) is 19.9 Å². The van der Waals surface area contributed by atoms with Crippen molar-refractivity contribution in [2.75, 3.05) is 33.3 Å². The van der Waals surface area contributed by atoms with Gasteiger partial charge in [0.2, 0.25) is 0 Å². The molecule has 1 spiro atoms. The molecule has 0 bridgehead atoms. The van der Waals surface area contributed by atoms with Gasteiger partial charge in [-0.25, -0.2) is 0 Å². The molecule has 0 aliphatic carbocycles. The Morgan fingerprint density at radius 1 is 1.33 bits per heavy atom. The molecule has 2 aromatic rings. The van der Waals surface area contributed by atoms with Gasteiger partial charge in [-0.2, -0.15) is 0 Å². The van der Waals surface area contributed by atoms with Crippen LogP contribution in [0.15, 0.2) is 29.0 Å². The fraction of sp³-hybridized carbons (Fsp3) is 0.619. The van der Waals surface area contributed by atoms with Crippen LogP contribution in [0.1, 0.15) is 35.4 Å². The number of pyridine rings is 1. The standard InChI is InChI=1S/C21H30N4O2/c1-16-20(17(2)27-23-16)11-25-14-21(15-25)9-18(6-8-24(21)3)12-26-13-19-5-4-7-22-10-19/h4-5,7,10,18H,6,8-9,11-15H2,1-3H3. The fourth-order valence-electron chi connectivity index (χ4n) is 4.60. The summed E-state index contributed by atoms with van der Waals surface area (Å²) in [5.41, 5.74) is 3.72. The Bertz CT molecular complexity index is 735. The molecule has 2 aromatic heterocycles. The van der Waals surface area contributed by atoms with E-state index in [4.69, 9.17) is 9.26 Å². The largest absolute Gasteiger partial charge is 0.376 e. The summed E-state index contributed by atoms with van der Waals surface area (Å²) in [6.45, 7) is 9.87. The average Bonchev–Trinajstić information content (AvgIpc) is 2.95. The summed E-state index contributed by atoms with van der Waals surface area (Å²) >= 11 is 0. The fourth-order valence-corrected chi connectivity index (χ4v) is 4.60. The van der Waals surface area contributed by atoms with Crippen LogP contribution >= 0.6 is 0 Å². The molecule has 1 atom stereocenters. The minimum Gasteiger partial charge on any atom is -0.376 e. The molecule has 4 heterocycles. The lowest BCUT2D eigenvalue weighted by Crippen LogP contribution is -2.71. The molecule has 2 aliphatic rings. The second-order valence-corrected chi connectivity index (χ2v) is 8.33. The molecule has 0 N–H and O–H groups in total. The van der Waals surface area contributed by atoms with Crippen molar-refractivity contribution >= 4 is 0 Å². The van der Waals surface area contributed by atoms with Crippen LogP contribution < -0.4 is 0 Å². The first kappa shape index (κ1) is 18.6. The van der Waals surface area contributed by atoms with E-state index in [0.717, 1.165) is 49.8 Å². The summed E-state index contributed by atoms with van der Waals surface area (Å²) in [6, 6.07) is 4.03. The van der Waals surface area contributed by atoms with E-state index in [1.54, 1.807) is 6.20 Å². The number of likely N-dealkylation sites (tertiary alicyclic amines) is 2. The molecule has 27 heavy (non-hydrogen) atoms. The summed E-state index contributed by atoms with van der Waals surface area (Å²) < 4.78 is 11.3. The van der Waals surface area contributed by atoms with E-state index in [0.29, 0.717) is 18.1 Å². The molecule has 1 unspecified atom stereocenters. The minimum atomic E-state index is 0.305. The second-order valence-electron chi connectivity index (χ2n) is 8.33. The van der Waals surface area contributed by atoms with Crippen molar-refractivity contribution in [2.45, 2.75) is 45.4 Å². The van der Waals surface area contributed by atoms with Crippen LogP contribution in [0.4, 0.5) is 0 Å². The van der Waals surface area contributed by atoms with Gasteiger partial charge in [0.25, 0.3) is 0 Å². The average molecular weight is 370 g/mol. The molecule has 0 saturated carbocycles. The van der Waals surface area contributed by atoms with Crippen LogP contribution in [0.3, 0.4) is 0 Å². The van der Waals surface area contributed by atoms with Gasteiger partial charge in [-0.15, -0.1) is 0 Å². The number of nitrogens with zero attached hydrogens (tertiary/aromatic N) is 4. The Labute approximate surface area is 161 Å². The summed E-state index contributed by atoms with van der Waals surface area (Å²) in [7, 11) is 2.28. The van der Waals surface area contributed by atoms with Gasteiger partial charge in [0.15, 0.2) is 0 Å². The van der Waals surface area contributed by atoms with Gasteiger partial charge < -0.3 is 9.26 Å². The molecular formula is C21H30N4O2. The van der Waals surface area contributed by atoms with E-state index in [-0.39, 0.29) is 0 Å². The molecule has 2 saturated heterocycles. The van der Waals surface area contributed by atoms with Gasteiger partial charge in [-0.1, -0.05) is 11.2 Å². The topological polar surface area (TPSA) is 54.6 Å². The number of likely N-dealkylation sites (N-methyl/N-ethyl adjacent to an activating group) is 1. The summed E-state index contributed by atoms with van der Waals surface area (Å²) in [4.78, 5) is 9.23. The highest BCUT2D eigenvalue weighted by atomic mass is 16.5. The van der Waals surface area contributed by atoms with Crippen LogP contribution in [-0.4, -0.2) is 58.8 Å². The summed E-state index contributed by atoms with van der Waals surface area (Å²) in [5, 5.41) is 4.08. The number of hydrogen-bond acceptors (Lipinski definition) is 6. The Morgan fingerprint density at radius 2 is 2.19 bits per heavy atom. The van der Waals surface area contributed by atoms with Crippen molar-refractivity contribution in [3.8, 4) is 0 Å². The number of ether oxygens (including phenoxy) is 1. The molecule has 146 valence electrons. The maximum Gasteiger partial charge on any atom is 0.138 e. The minimum absolute atomic E-state index is 0.305. The van der Waals surface area contributed by atoms with E-state index >= 15 is 0 Å². The third-order valence-corrected chi connectivity index (χ3v) is 6.30. The predicted octanol–water partition coefficient (Wildman–Crippen LogP) is 2.80. The number of hydrogen-bond donors (Lipinski definition) is 0. The lowest BCUT2D eigenvalue weighted by atomic mass is 9.75. The lowest BCUT2D eigenvalue weighted by molar-refractivity contribution is -0.0937. The summed E-state index contributed by atoms with van der Waals surface area (Å²) in [6.07, 6.45) is 6.12. The molecule has 4 rings (SSSR count). The molecule has 6 heteroatoms. The lowest BCUT2D eigenvalue weighted by Gasteiger charge is -2.58. The van der Waals surface area contributed by atoms with E-state index in [1.807, 2.05) is 26.1 Å². The van der Waals surface area contributed by atoms with E-state index < -0.39 is 0 Å². The summed E-state index contributed by atoms with van der Waals surface area (Å²) in [5.74, 6) is 1.59. The monoisotopic (exact) mass is 370 g/mol. The molecule has 0 radical (unpaired) electrons. The Morgan fingerprint density at radius 3 is 2.89 bits per heavy atom. The van der Waals surface area contributed by atoms with Crippen LogP contribution in [0, 0.1) is 19.8 Å². The highest BCUT2D eigenvalue weighted by Crippen LogP contribution is 2.39.